The number of carbonyl (C=O) groups is 1. The first kappa shape index (κ1) is 13.7. The van der Waals surface area contributed by atoms with Crippen molar-refractivity contribution in [1.29, 1.82) is 0 Å². The van der Waals surface area contributed by atoms with Crippen LogP contribution in [0.15, 0.2) is 59.8 Å². The third-order valence-corrected chi connectivity index (χ3v) is 3.22. The molecular formula is C15H13N5O2. The summed E-state index contributed by atoms with van der Waals surface area (Å²) >= 11 is 0. The van der Waals surface area contributed by atoms with Gasteiger partial charge in [-0.25, -0.2) is 4.68 Å². The van der Waals surface area contributed by atoms with E-state index in [9.17, 15) is 9.59 Å². The standard InChI is InChI=1S/C15H13N5O2/c1-16-15(22)12-10-11(19-8-3-2-4-14(19)21)5-6-13(12)20-9-7-17-18-20/h2-10H,1H3,(H,16,22). The Morgan fingerprint density at radius 2 is 2.05 bits per heavy atom. The van der Waals surface area contributed by atoms with E-state index in [0.29, 0.717) is 16.9 Å². The lowest BCUT2D eigenvalue weighted by molar-refractivity contribution is 0.0963. The Morgan fingerprint density at radius 3 is 2.73 bits per heavy atom. The summed E-state index contributed by atoms with van der Waals surface area (Å²) in [6, 6.07) is 10.0. The van der Waals surface area contributed by atoms with Crippen LogP contribution in [-0.2, 0) is 0 Å². The van der Waals surface area contributed by atoms with Crippen molar-refractivity contribution in [3.05, 3.63) is 70.9 Å². The highest BCUT2D eigenvalue weighted by molar-refractivity contribution is 5.98. The number of amides is 1. The largest absolute Gasteiger partial charge is 0.355 e. The van der Waals surface area contributed by atoms with Crippen molar-refractivity contribution in [1.82, 2.24) is 24.9 Å². The number of pyridine rings is 1. The minimum atomic E-state index is -0.267. The maximum atomic E-state index is 12.1. The number of rotatable bonds is 3. The van der Waals surface area contributed by atoms with Gasteiger partial charge in [-0.2, -0.15) is 0 Å². The fourth-order valence-electron chi connectivity index (χ4n) is 2.17. The van der Waals surface area contributed by atoms with Gasteiger partial charge in [-0.05, 0) is 24.3 Å². The Morgan fingerprint density at radius 1 is 1.18 bits per heavy atom. The molecule has 7 heteroatoms. The highest BCUT2D eigenvalue weighted by atomic mass is 16.1. The molecule has 0 atom stereocenters. The van der Waals surface area contributed by atoms with Crippen LogP contribution in [0, 0.1) is 0 Å². The smallest absolute Gasteiger partial charge is 0.255 e. The molecule has 7 nitrogen and oxygen atoms in total. The fourth-order valence-corrected chi connectivity index (χ4v) is 2.17. The number of aromatic nitrogens is 4. The average Bonchev–Trinajstić information content (AvgIpc) is 3.08. The van der Waals surface area contributed by atoms with Crippen LogP contribution in [0.25, 0.3) is 11.4 Å². The van der Waals surface area contributed by atoms with Gasteiger partial charge in [0.15, 0.2) is 0 Å². The van der Waals surface area contributed by atoms with Crippen LogP contribution in [0.3, 0.4) is 0 Å². The van der Waals surface area contributed by atoms with E-state index in [1.54, 1.807) is 49.8 Å². The molecule has 0 aliphatic carbocycles. The molecule has 0 fully saturated rings. The average molecular weight is 295 g/mol. The first-order valence-corrected chi connectivity index (χ1v) is 6.61. The number of hydrogen-bond acceptors (Lipinski definition) is 4. The van der Waals surface area contributed by atoms with E-state index in [2.05, 4.69) is 15.6 Å². The molecule has 0 aliphatic rings. The van der Waals surface area contributed by atoms with Gasteiger partial charge in [0.1, 0.15) is 0 Å². The molecule has 0 aliphatic heterocycles. The van der Waals surface area contributed by atoms with Gasteiger partial charge in [-0.3, -0.25) is 14.2 Å². The van der Waals surface area contributed by atoms with Gasteiger partial charge in [0.25, 0.3) is 11.5 Å². The molecular weight excluding hydrogens is 282 g/mol. The zero-order chi connectivity index (χ0) is 15.5. The zero-order valence-corrected chi connectivity index (χ0v) is 11.8. The molecule has 2 aromatic heterocycles. The predicted molar refractivity (Wildman–Crippen MR) is 80.3 cm³/mol. The first-order chi connectivity index (χ1) is 10.7. The van der Waals surface area contributed by atoms with Crippen molar-refractivity contribution in [2.24, 2.45) is 0 Å². The summed E-state index contributed by atoms with van der Waals surface area (Å²) in [4.78, 5) is 24.1. The maximum absolute atomic E-state index is 12.1. The summed E-state index contributed by atoms with van der Waals surface area (Å²) in [5.74, 6) is -0.267. The van der Waals surface area contributed by atoms with Crippen molar-refractivity contribution in [2.45, 2.75) is 0 Å². The lowest BCUT2D eigenvalue weighted by Crippen LogP contribution is -2.22. The van der Waals surface area contributed by atoms with Crippen molar-refractivity contribution in [3.63, 3.8) is 0 Å². The Balaban J connectivity index is 2.19. The minimum Gasteiger partial charge on any atom is -0.355 e. The second kappa shape index (κ2) is 5.65. The normalized spacial score (nSPS) is 10.4. The highest BCUT2D eigenvalue weighted by Gasteiger charge is 2.14. The highest BCUT2D eigenvalue weighted by Crippen LogP contribution is 2.17. The third kappa shape index (κ3) is 2.39. The SMILES string of the molecule is CNC(=O)c1cc(-n2ccccc2=O)ccc1-n1ccnn1. The Hall–Kier alpha value is -3.22. The van der Waals surface area contributed by atoms with Gasteiger partial charge < -0.3 is 5.32 Å². The van der Waals surface area contributed by atoms with E-state index in [-0.39, 0.29) is 11.5 Å². The Kier molecular flexibility index (Phi) is 3.53. The number of nitrogens with zero attached hydrogens (tertiary/aromatic N) is 4. The number of benzene rings is 1. The fraction of sp³-hybridized carbons (Fsp3) is 0.0667. The van der Waals surface area contributed by atoms with Crippen molar-refractivity contribution < 1.29 is 4.79 Å². The van der Waals surface area contributed by atoms with Gasteiger partial charge in [-0.1, -0.05) is 11.3 Å². The topological polar surface area (TPSA) is 81.8 Å². The molecule has 1 amide bonds. The Bertz CT molecular complexity index is 868. The second-order valence-corrected chi connectivity index (χ2v) is 4.54. The molecule has 0 saturated heterocycles. The van der Waals surface area contributed by atoms with Crippen LogP contribution in [-0.4, -0.2) is 32.5 Å². The molecule has 22 heavy (non-hydrogen) atoms. The van der Waals surface area contributed by atoms with Crippen LogP contribution in [0.5, 0.6) is 0 Å². The van der Waals surface area contributed by atoms with E-state index in [0.717, 1.165) is 0 Å². The summed E-state index contributed by atoms with van der Waals surface area (Å²) < 4.78 is 2.97. The summed E-state index contributed by atoms with van der Waals surface area (Å²) in [7, 11) is 1.55. The molecule has 0 spiro atoms. The number of carbonyl (C=O) groups excluding carboxylic acids is 1. The molecule has 0 saturated carbocycles. The molecule has 2 heterocycles. The molecule has 0 radical (unpaired) electrons. The van der Waals surface area contributed by atoms with Gasteiger partial charge >= 0.3 is 0 Å². The van der Waals surface area contributed by atoms with E-state index >= 15 is 0 Å². The second-order valence-electron chi connectivity index (χ2n) is 4.54. The summed E-state index contributed by atoms with van der Waals surface area (Å²) in [6.45, 7) is 0. The van der Waals surface area contributed by atoms with Crippen LogP contribution in [0.2, 0.25) is 0 Å². The summed E-state index contributed by atoms with van der Waals surface area (Å²) in [5.41, 5.74) is 1.43. The quantitative estimate of drug-likeness (QED) is 0.774. The lowest BCUT2D eigenvalue weighted by atomic mass is 10.1. The van der Waals surface area contributed by atoms with Crippen molar-refractivity contribution >= 4 is 5.91 Å². The van der Waals surface area contributed by atoms with E-state index < -0.39 is 0 Å². The van der Waals surface area contributed by atoms with Crippen LogP contribution >= 0.6 is 0 Å². The third-order valence-electron chi connectivity index (χ3n) is 3.22. The first-order valence-electron chi connectivity index (χ1n) is 6.61. The lowest BCUT2D eigenvalue weighted by Gasteiger charge is -2.11. The minimum absolute atomic E-state index is 0.168. The molecule has 3 rings (SSSR count). The summed E-state index contributed by atoms with van der Waals surface area (Å²) in [6.07, 6.45) is 4.83. The van der Waals surface area contributed by atoms with Crippen molar-refractivity contribution in [2.75, 3.05) is 7.05 Å². The molecule has 1 aromatic carbocycles. The molecule has 0 bridgehead atoms. The maximum Gasteiger partial charge on any atom is 0.255 e. The number of hydrogen-bond donors (Lipinski definition) is 1. The molecule has 110 valence electrons. The van der Waals surface area contributed by atoms with Crippen LogP contribution in [0.1, 0.15) is 10.4 Å². The molecule has 3 aromatic rings. The zero-order valence-electron chi connectivity index (χ0n) is 11.8. The van der Waals surface area contributed by atoms with E-state index in [1.807, 2.05) is 0 Å². The molecule has 1 N–H and O–H groups in total. The van der Waals surface area contributed by atoms with Gasteiger partial charge in [0, 0.05) is 25.0 Å². The van der Waals surface area contributed by atoms with Crippen LogP contribution < -0.4 is 10.9 Å². The van der Waals surface area contributed by atoms with E-state index in [1.165, 1.54) is 21.5 Å². The van der Waals surface area contributed by atoms with Crippen molar-refractivity contribution in [3.8, 4) is 11.4 Å². The number of nitrogens with one attached hydrogen (secondary N) is 1. The van der Waals surface area contributed by atoms with Gasteiger partial charge in [0.05, 0.1) is 23.6 Å². The van der Waals surface area contributed by atoms with E-state index in [4.69, 9.17) is 0 Å². The predicted octanol–water partition coefficient (Wildman–Crippen LogP) is 0.778. The Labute approximate surface area is 125 Å². The summed E-state index contributed by atoms with van der Waals surface area (Å²) in [5, 5.41) is 10.2. The van der Waals surface area contributed by atoms with Gasteiger partial charge in [0.2, 0.25) is 0 Å². The molecule has 0 unspecified atom stereocenters. The monoisotopic (exact) mass is 295 g/mol. The van der Waals surface area contributed by atoms with Crippen LogP contribution in [0.4, 0.5) is 0 Å². The van der Waals surface area contributed by atoms with Gasteiger partial charge in [-0.15, -0.1) is 5.10 Å².